The van der Waals surface area contributed by atoms with Gasteiger partial charge in [-0.3, -0.25) is 4.79 Å². The van der Waals surface area contributed by atoms with Crippen LogP contribution in [0.15, 0.2) is 41.2 Å². The summed E-state index contributed by atoms with van der Waals surface area (Å²) in [6.07, 6.45) is 1.92. The van der Waals surface area contributed by atoms with Crippen LogP contribution in [0.5, 0.6) is 0 Å². The van der Waals surface area contributed by atoms with Crippen LogP contribution in [0.25, 0.3) is 16.4 Å². The molecular formula is C18H17N7O2S. The van der Waals surface area contributed by atoms with Gasteiger partial charge in [0.15, 0.2) is 0 Å². The fraction of sp³-hybridized carbons (Fsp3) is 0.222. The number of thiophene rings is 1. The molecule has 142 valence electrons. The molecule has 0 saturated carbocycles. The summed E-state index contributed by atoms with van der Waals surface area (Å²) in [4.78, 5) is 18.2. The van der Waals surface area contributed by atoms with Crippen molar-refractivity contribution in [3.63, 3.8) is 0 Å². The van der Waals surface area contributed by atoms with Gasteiger partial charge in [-0.25, -0.2) is 0 Å². The van der Waals surface area contributed by atoms with E-state index in [2.05, 4.69) is 31.0 Å². The summed E-state index contributed by atoms with van der Waals surface area (Å²) in [5.41, 5.74) is 2.37. The van der Waals surface area contributed by atoms with Crippen LogP contribution in [0.3, 0.4) is 0 Å². The van der Waals surface area contributed by atoms with Crippen molar-refractivity contribution in [2.24, 2.45) is 0 Å². The van der Waals surface area contributed by atoms with Crippen LogP contribution in [-0.2, 0) is 6.42 Å². The Morgan fingerprint density at radius 1 is 1.25 bits per heavy atom. The Kier molecular flexibility index (Phi) is 4.94. The number of nitrogens with one attached hydrogen (secondary N) is 1. The number of aromatic nitrogens is 6. The monoisotopic (exact) mass is 395 g/mol. The number of carbonyl (C=O) groups is 1. The Labute approximate surface area is 164 Å². The standard InChI is InChI=1S/C18H17N7O2S/c1-11-12(2)28-18(25-10-20-23-24-25)15(11)17(26)19-9-8-14-21-16(22-27-14)13-6-4-3-5-7-13/h3-7,10H,8-9H2,1-2H3,(H,19,26). The molecule has 9 nitrogen and oxygen atoms in total. The third-order valence-electron chi connectivity index (χ3n) is 4.28. The number of amides is 1. The van der Waals surface area contributed by atoms with Crippen molar-refractivity contribution in [3.05, 3.63) is 58.6 Å². The van der Waals surface area contributed by atoms with Gasteiger partial charge in [0.2, 0.25) is 11.7 Å². The van der Waals surface area contributed by atoms with Crippen molar-refractivity contribution in [2.75, 3.05) is 6.54 Å². The lowest BCUT2D eigenvalue weighted by atomic mass is 10.1. The van der Waals surface area contributed by atoms with Crippen molar-refractivity contribution in [2.45, 2.75) is 20.3 Å². The molecule has 10 heteroatoms. The Morgan fingerprint density at radius 2 is 2.07 bits per heavy atom. The molecule has 0 unspecified atom stereocenters. The average molecular weight is 395 g/mol. The van der Waals surface area contributed by atoms with Crippen LogP contribution in [-0.4, -0.2) is 42.8 Å². The minimum atomic E-state index is -0.185. The normalized spacial score (nSPS) is 10.9. The van der Waals surface area contributed by atoms with E-state index in [0.29, 0.717) is 35.2 Å². The van der Waals surface area contributed by atoms with E-state index in [1.807, 2.05) is 44.2 Å². The second kappa shape index (κ2) is 7.69. The molecule has 1 N–H and O–H groups in total. The molecule has 4 aromatic rings. The maximum Gasteiger partial charge on any atom is 0.254 e. The van der Waals surface area contributed by atoms with E-state index in [-0.39, 0.29) is 5.91 Å². The minimum absolute atomic E-state index is 0.185. The molecule has 28 heavy (non-hydrogen) atoms. The molecule has 3 aromatic heterocycles. The first-order chi connectivity index (χ1) is 13.6. The molecule has 0 radical (unpaired) electrons. The molecular weight excluding hydrogens is 378 g/mol. The van der Waals surface area contributed by atoms with Crippen LogP contribution >= 0.6 is 11.3 Å². The smallest absolute Gasteiger partial charge is 0.254 e. The molecule has 0 aliphatic rings. The SMILES string of the molecule is Cc1sc(-n2cnnn2)c(C(=O)NCCc2nc(-c3ccccc3)no2)c1C. The Morgan fingerprint density at radius 3 is 2.82 bits per heavy atom. The van der Waals surface area contributed by atoms with Gasteiger partial charge in [0.05, 0.1) is 5.56 Å². The lowest BCUT2D eigenvalue weighted by Crippen LogP contribution is -2.27. The molecule has 0 aliphatic carbocycles. The van der Waals surface area contributed by atoms with Crippen molar-refractivity contribution >= 4 is 17.2 Å². The number of hydrogen-bond donors (Lipinski definition) is 1. The van der Waals surface area contributed by atoms with Gasteiger partial charge >= 0.3 is 0 Å². The number of carbonyl (C=O) groups excluding carboxylic acids is 1. The van der Waals surface area contributed by atoms with Crippen LogP contribution in [0.2, 0.25) is 0 Å². The third-order valence-corrected chi connectivity index (χ3v) is 5.47. The average Bonchev–Trinajstić information content (AvgIpc) is 3.44. The number of hydrogen-bond acceptors (Lipinski definition) is 8. The van der Waals surface area contributed by atoms with Crippen LogP contribution in [0.4, 0.5) is 0 Å². The first kappa shape index (κ1) is 18.0. The summed E-state index contributed by atoms with van der Waals surface area (Å²) < 4.78 is 6.78. The highest BCUT2D eigenvalue weighted by atomic mass is 32.1. The first-order valence-electron chi connectivity index (χ1n) is 8.63. The Balaban J connectivity index is 1.43. The molecule has 0 saturated heterocycles. The molecule has 0 bridgehead atoms. The van der Waals surface area contributed by atoms with Gasteiger partial charge in [0.1, 0.15) is 11.3 Å². The van der Waals surface area contributed by atoms with E-state index >= 15 is 0 Å². The van der Waals surface area contributed by atoms with Crippen LogP contribution in [0, 0.1) is 13.8 Å². The quantitative estimate of drug-likeness (QED) is 0.533. The van der Waals surface area contributed by atoms with Gasteiger partial charge < -0.3 is 9.84 Å². The van der Waals surface area contributed by atoms with E-state index in [4.69, 9.17) is 4.52 Å². The van der Waals surface area contributed by atoms with Crippen molar-refractivity contribution in [1.29, 1.82) is 0 Å². The zero-order valence-corrected chi connectivity index (χ0v) is 16.1. The number of aryl methyl sites for hydroxylation is 1. The molecule has 0 spiro atoms. The highest BCUT2D eigenvalue weighted by Gasteiger charge is 2.21. The summed E-state index contributed by atoms with van der Waals surface area (Å²) >= 11 is 1.48. The van der Waals surface area contributed by atoms with Crippen molar-refractivity contribution < 1.29 is 9.32 Å². The number of benzene rings is 1. The second-order valence-electron chi connectivity index (χ2n) is 6.10. The molecule has 1 amide bonds. The Hall–Kier alpha value is -3.40. The highest BCUT2D eigenvalue weighted by molar-refractivity contribution is 7.15. The predicted octanol–water partition coefficient (Wildman–Crippen LogP) is 2.36. The van der Waals surface area contributed by atoms with E-state index in [1.54, 1.807) is 0 Å². The number of rotatable bonds is 6. The maximum absolute atomic E-state index is 12.8. The zero-order valence-electron chi connectivity index (χ0n) is 15.3. The van der Waals surface area contributed by atoms with E-state index < -0.39 is 0 Å². The molecule has 4 rings (SSSR count). The van der Waals surface area contributed by atoms with Gasteiger partial charge in [-0.05, 0) is 29.8 Å². The number of nitrogens with zero attached hydrogens (tertiary/aromatic N) is 6. The summed E-state index contributed by atoms with van der Waals surface area (Å²) in [6, 6.07) is 9.59. The molecule has 0 fully saturated rings. The van der Waals surface area contributed by atoms with Gasteiger partial charge in [0.25, 0.3) is 5.91 Å². The fourth-order valence-electron chi connectivity index (χ4n) is 2.72. The Bertz CT molecular complexity index is 1090. The third kappa shape index (κ3) is 3.54. The molecule has 3 heterocycles. The summed E-state index contributed by atoms with van der Waals surface area (Å²) in [5.74, 6) is 0.820. The summed E-state index contributed by atoms with van der Waals surface area (Å²) in [6.45, 7) is 4.26. The minimum Gasteiger partial charge on any atom is -0.351 e. The molecule has 1 aromatic carbocycles. The first-order valence-corrected chi connectivity index (χ1v) is 9.44. The highest BCUT2D eigenvalue weighted by Crippen LogP contribution is 2.30. The van der Waals surface area contributed by atoms with E-state index in [1.165, 1.54) is 22.3 Å². The zero-order chi connectivity index (χ0) is 19.5. The van der Waals surface area contributed by atoms with Crippen LogP contribution < -0.4 is 5.32 Å². The topological polar surface area (TPSA) is 112 Å². The van der Waals surface area contributed by atoms with Gasteiger partial charge in [0, 0.05) is 23.4 Å². The lowest BCUT2D eigenvalue weighted by molar-refractivity contribution is 0.0953. The summed E-state index contributed by atoms with van der Waals surface area (Å²) in [7, 11) is 0. The van der Waals surface area contributed by atoms with Gasteiger partial charge in [-0.15, -0.1) is 16.4 Å². The van der Waals surface area contributed by atoms with E-state index in [9.17, 15) is 4.79 Å². The predicted molar refractivity (Wildman–Crippen MR) is 102 cm³/mol. The second-order valence-corrected chi connectivity index (χ2v) is 7.30. The maximum atomic E-state index is 12.8. The summed E-state index contributed by atoms with van der Waals surface area (Å²) in [5, 5.41) is 18.8. The van der Waals surface area contributed by atoms with Crippen LogP contribution in [0.1, 0.15) is 26.7 Å². The molecule has 0 aliphatic heterocycles. The fourth-order valence-corrected chi connectivity index (χ4v) is 3.79. The molecule has 0 atom stereocenters. The number of tetrazole rings is 1. The van der Waals surface area contributed by atoms with E-state index in [0.717, 1.165) is 16.0 Å². The van der Waals surface area contributed by atoms with Crippen molar-refractivity contribution in [3.8, 4) is 16.4 Å². The van der Waals surface area contributed by atoms with Gasteiger partial charge in [-0.1, -0.05) is 35.5 Å². The lowest BCUT2D eigenvalue weighted by Gasteiger charge is -2.06. The van der Waals surface area contributed by atoms with Gasteiger partial charge in [-0.2, -0.15) is 9.67 Å². The largest absolute Gasteiger partial charge is 0.351 e. The van der Waals surface area contributed by atoms with Crippen molar-refractivity contribution in [1.82, 2.24) is 35.7 Å².